The fourth-order valence-electron chi connectivity index (χ4n) is 0.941. The van der Waals surface area contributed by atoms with E-state index in [0.717, 1.165) is 6.20 Å². The summed E-state index contributed by atoms with van der Waals surface area (Å²) in [7, 11) is 1.29. The maximum Gasteiger partial charge on any atom is 0.281 e. The molecule has 0 unspecified atom stereocenters. The third-order valence-electron chi connectivity index (χ3n) is 1.57. The first-order chi connectivity index (χ1) is 6.61. The molecule has 0 radical (unpaired) electrons. The number of hydrogen-bond acceptors (Lipinski definition) is 3. The van der Waals surface area contributed by atoms with E-state index in [2.05, 4.69) is 20.9 Å². The summed E-state index contributed by atoms with van der Waals surface area (Å²) in [6.45, 7) is 0. The monoisotopic (exact) mass is 265 g/mol. The van der Waals surface area contributed by atoms with Crippen LogP contribution < -0.4 is 4.74 Å². The molecule has 0 atom stereocenters. The molecule has 0 saturated carbocycles. The van der Waals surface area contributed by atoms with Crippen molar-refractivity contribution in [3.8, 4) is 5.75 Å². The van der Waals surface area contributed by atoms with Crippen LogP contribution in [0.3, 0.4) is 0 Å². The van der Waals surface area contributed by atoms with Crippen molar-refractivity contribution in [2.45, 2.75) is 6.43 Å². The number of aldehydes is 1. The predicted octanol–water partition coefficient (Wildman–Crippen LogP) is 2.60. The number of halogens is 3. The maximum absolute atomic E-state index is 12.3. The van der Waals surface area contributed by atoms with E-state index in [9.17, 15) is 13.6 Å². The van der Waals surface area contributed by atoms with Crippen molar-refractivity contribution in [2.24, 2.45) is 0 Å². The van der Waals surface area contributed by atoms with E-state index in [-0.39, 0.29) is 15.8 Å². The number of rotatable bonds is 3. The number of nitrogens with zero attached hydrogens (tertiary/aromatic N) is 1. The van der Waals surface area contributed by atoms with Gasteiger partial charge in [-0.15, -0.1) is 0 Å². The van der Waals surface area contributed by atoms with Gasteiger partial charge in [-0.2, -0.15) is 0 Å². The number of alkyl halides is 2. The number of carbonyl (C=O) groups excluding carboxylic acids is 1. The van der Waals surface area contributed by atoms with Gasteiger partial charge >= 0.3 is 0 Å². The van der Waals surface area contributed by atoms with Crippen molar-refractivity contribution in [1.82, 2.24) is 4.98 Å². The van der Waals surface area contributed by atoms with Crippen molar-refractivity contribution in [2.75, 3.05) is 7.11 Å². The van der Waals surface area contributed by atoms with E-state index in [1.807, 2.05) is 0 Å². The lowest BCUT2D eigenvalue weighted by Gasteiger charge is -2.09. The minimum Gasteiger partial charge on any atom is -0.495 e. The van der Waals surface area contributed by atoms with Crippen LogP contribution in [0.1, 0.15) is 22.5 Å². The number of aromatic nitrogens is 1. The van der Waals surface area contributed by atoms with Crippen molar-refractivity contribution in [3.05, 3.63) is 21.9 Å². The molecular weight excluding hydrogens is 260 g/mol. The lowest BCUT2D eigenvalue weighted by molar-refractivity contribution is 0.111. The zero-order valence-electron chi connectivity index (χ0n) is 7.13. The first-order valence-electron chi connectivity index (χ1n) is 3.57. The van der Waals surface area contributed by atoms with Gasteiger partial charge in [-0.1, -0.05) is 0 Å². The topological polar surface area (TPSA) is 39.2 Å². The van der Waals surface area contributed by atoms with Gasteiger partial charge in [0.15, 0.2) is 6.29 Å². The second-order valence-electron chi connectivity index (χ2n) is 2.36. The molecule has 0 aromatic carbocycles. The third kappa shape index (κ3) is 1.89. The highest BCUT2D eigenvalue weighted by Crippen LogP contribution is 2.34. The zero-order chi connectivity index (χ0) is 10.7. The second-order valence-corrected chi connectivity index (χ2v) is 3.16. The zero-order valence-corrected chi connectivity index (χ0v) is 8.72. The molecule has 1 rings (SSSR count). The lowest BCUT2D eigenvalue weighted by atomic mass is 10.2. The van der Waals surface area contributed by atoms with Crippen LogP contribution in [0.4, 0.5) is 8.78 Å². The quantitative estimate of drug-likeness (QED) is 0.789. The molecular formula is C8H6BrF2NO2. The Morgan fingerprint density at radius 1 is 1.64 bits per heavy atom. The van der Waals surface area contributed by atoms with E-state index >= 15 is 0 Å². The Hall–Kier alpha value is -1.04. The van der Waals surface area contributed by atoms with Crippen molar-refractivity contribution >= 4 is 22.2 Å². The Morgan fingerprint density at radius 2 is 2.29 bits per heavy atom. The molecule has 6 heteroatoms. The fourth-order valence-corrected chi connectivity index (χ4v) is 1.61. The summed E-state index contributed by atoms with van der Waals surface area (Å²) in [5.41, 5.74) is -0.309. The molecule has 0 fully saturated rings. The molecule has 0 saturated heterocycles. The third-order valence-corrected chi connectivity index (χ3v) is 2.33. The fraction of sp³-hybridized carbons (Fsp3) is 0.250. The molecule has 14 heavy (non-hydrogen) atoms. The molecule has 0 N–H and O–H groups in total. The van der Waals surface area contributed by atoms with E-state index in [1.165, 1.54) is 7.11 Å². The van der Waals surface area contributed by atoms with E-state index in [4.69, 9.17) is 4.74 Å². The van der Waals surface area contributed by atoms with Gasteiger partial charge in [-0.05, 0) is 15.9 Å². The molecule has 1 aromatic rings. The van der Waals surface area contributed by atoms with Crippen LogP contribution in [0.5, 0.6) is 5.75 Å². The van der Waals surface area contributed by atoms with Crippen molar-refractivity contribution in [3.63, 3.8) is 0 Å². The summed E-state index contributed by atoms with van der Waals surface area (Å²) < 4.78 is 29.5. The Morgan fingerprint density at radius 3 is 2.71 bits per heavy atom. The summed E-state index contributed by atoms with van der Waals surface area (Å²) in [6.07, 6.45) is -1.16. The number of carbonyl (C=O) groups is 1. The van der Waals surface area contributed by atoms with E-state index in [1.54, 1.807) is 0 Å². The highest BCUT2D eigenvalue weighted by molar-refractivity contribution is 9.10. The van der Waals surface area contributed by atoms with E-state index in [0.29, 0.717) is 6.29 Å². The second kappa shape index (κ2) is 4.45. The maximum atomic E-state index is 12.3. The summed E-state index contributed by atoms with van der Waals surface area (Å²) in [4.78, 5) is 13.9. The molecule has 0 amide bonds. The van der Waals surface area contributed by atoms with Crippen LogP contribution in [-0.4, -0.2) is 18.4 Å². The molecule has 1 heterocycles. The number of ether oxygens (including phenoxy) is 1. The SMILES string of the molecule is COc1c(C=O)cnc(C(F)F)c1Br. The smallest absolute Gasteiger partial charge is 0.281 e. The highest BCUT2D eigenvalue weighted by Gasteiger charge is 2.19. The highest BCUT2D eigenvalue weighted by atomic mass is 79.9. The van der Waals surface area contributed by atoms with Gasteiger partial charge in [0.2, 0.25) is 0 Å². The standard InChI is InChI=1S/C8H6BrF2NO2/c1-14-7-4(3-13)2-12-6(5(7)9)8(10)11/h2-3,8H,1H3. The largest absolute Gasteiger partial charge is 0.495 e. The summed E-state index contributed by atoms with van der Waals surface area (Å²) in [6, 6.07) is 0. The first kappa shape index (κ1) is 11.0. The van der Waals surface area contributed by atoms with Crippen molar-refractivity contribution in [1.29, 1.82) is 0 Å². The number of hydrogen-bond donors (Lipinski definition) is 0. The molecule has 1 aromatic heterocycles. The van der Waals surface area contributed by atoms with Gasteiger partial charge < -0.3 is 4.74 Å². The van der Waals surface area contributed by atoms with Crippen LogP contribution in [-0.2, 0) is 0 Å². The van der Waals surface area contributed by atoms with Gasteiger partial charge in [-0.25, -0.2) is 8.78 Å². The minimum atomic E-state index is -2.71. The number of methoxy groups -OCH3 is 1. The Balaban J connectivity index is 3.34. The van der Waals surface area contributed by atoms with Gasteiger partial charge in [0, 0.05) is 6.20 Å². The molecule has 76 valence electrons. The van der Waals surface area contributed by atoms with Crippen LogP contribution in [0.25, 0.3) is 0 Å². The molecule has 0 bridgehead atoms. The minimum absolute atomic E-state index is 0.0135. The molecule has 3 nitrogen and oxygen atoms in total. The van der Waals surface area contributed by atoms with Crippen LogP contribution in [0.2, 0.25) is 0 Å². The lowest BCUT2D eigenvalue weighted by Crippen LogP contribution is -1.99. The normalized spacial score (nSPS) is 10.4. The van der Waals surface area contributed by atoms with E-state index < -0.39 is 12.1 Å². The first-order valence-corrected chi connectivity index (χ1v) is 4.36. The molecule has 0 aliphatic rings. The van der Waals surface area contributed by atoms with Crippen molar-refractivity contribution < 1.29 is 18.3 Å². The molecule has 0 spiro atoms. The van der Waals surface area contributed by atoms with Gasteiger partial charge in [0.05, 0.1) is 17.1 Å². The average Bonchev–Trinajstić information content (AvgIpc) is 2.16. The Bertz CT molecular complexity index is 357. The molecule has 0 aliphatic heterocycles. The molecule has 0 aliphatic carbocycles. The average molecular weight is 266 g/mol. The van der Waals surface area contributed by atoms with Crippen LogP contribution in [0.15, 0.2) is 10.7 Å². The summed E-state index contributed by atoms with van der Waals surface area (Å²) in [5.74, 6) is 0.0744. The van der Waals surface area contributed by atoms with Gasteiger partial charge in [0.25, 0.3) is 6.43 Å². The summed E-state index contributed by atoms with van der Waals surface area (Å²) in [5, 5.41) is 0. The Kier molecular flexibility index (Phi) is 3.51. The predicted molar refractivity (Wildman–Crippen MR) is 48.8 cm³/mol. The van der Waals surface area contributed by atoms with Crippen LogP contribution in [0, 0.1) is 0 Å². The Labute approximate surface area is 87.2 Å². The number of pyridine rings is 1. The van der Waals surface area contributed by atoms with Gasteiger partial charge in [0.1, 0.15) is 11.4 Å². The van der Waals surface area contributed by atoms with Gasteiger partial charge in [-0.3, -0.25) is 9.78 Å². The van der Waals surface area contributed by atoms with Crippen LogP contribution >= 0.6 is 15.9 Å². The summed E-state index contributed by atoms with van der Waals surface area (Å²) >= 11 is 2.91.